The van der Waals surface area contributed by atoms with Gasteiger partial charge in [0, 0.05) is 27.2 Å². The summed E-state index contributed by atoms with van der Waals surface area (Å²) in [6.07, 6.45) is 0. The number of aromatic nitrogens is 1. The van der Waals surface area contributed by atoms with E-state index >= 15 is 0 Å². The number of para-hydroxylation sites is 1. The zero-order valence-corrected chi connectivity index (χ0v) is 18.8. The van der Waals surface area contributed by atoms with E-state index in [1.54, 1.807) is 24.3 Å². The van der Waals surface area contributed by atoms with Gasteiger partial charge in [-0.2, -0.15) is 0 Å². The van der Waals surface area contributed by atoms with E-state index in [-0.39, 0.29) is 0 Å². The van der Waals surface area contributed by atoms with Crippen LogP contribution < -0.4 is 10.9 Å². The minimum absolute atomic E-state index is 0.364. The van der Waals surface area contributed by atoms with Crippen molar-refractivity contribution in [3.8, 4) is 5.69 Å². The van der Waals surface area contributed by atoms with E-state index < -0.39 is 14.2 Å². The van der Waals surface area contributed by atoms with Crippen molar-refractivity contribution in [1.29, 1.82) is 0 Å². The third kappa shape index (κ3) is 3.48. The SMILES string of the molecule is CC.OB(O)c1ccc2c(c1)c1cc(B(O)O)ccc1n2-c1ccc2oc3ccccc3c2c1. The molecule has 6 aromatic rings. The Morgan fingerprint density at radius 1 is 0.588 bits per heavy atom. The van der Waals surface area contributed by atoms with Crippen LogP contribution in [0.25, 0.3) is 49.4 Å². The van der Waals surface area contributed by atoms with Gasteiger partial charge >= 0.3 is 14.2 Å². The Bertz CT molecular complexity index is 1590. The summed E-state index contributed by atoms with van der Waals surface area (Å²) in [7, 11) is -3.20. The maximum absolute atomic E-state index is 9.68. The van der Waals surface area contributed by atoms with Crippen molar-refractivity contribution in [2.45, 2.75) is 13.8 Å². The van der Waals surface area contributed by atoms with Crippen molar-refractivity contribution in [3.63, 3.8) is 0 Å². The summed E-state index contributed by atoms with van der Waals surface area (Å²) in [5.74, 6) is 0. The first-order valence-corrected chi connectivity index (χ1v) is 11.2. The molecule has 2 aromatic heterocycles. The molecule has 2 heterocycles. The highest BCUT2D eigenvalue weighted by Crippen LogP contribution is 2.34. The van der Waals surface area contributed by atoms with Crippen LogP contribution in [0.5, 0.6) is 0 Å². The van der Waals surface area contributed by atoms with Crippen LogP contribution in [-0.2, 0) is 0 Å². The number of benzene rings is 4. The van der Waals surface area contributed by atoms with Crippen LogP contribution in [0.4, 0.5) is 0 Å². The van der Waals surface area contributed by atoms with Crippen LogP contribution in [-0.4, -0.2) is 38.9 Å². The molecule has 0 radical (unpaired) electrons. The standard InChI is InChI=1S/C24H17B2NO5.C2H6/c28-25(29)14-5-8-21-18(11-14)19-12-15(26(30)31)6-9-22(19)27(21)16-7-10-24-20(13-16)17-3-1-2-4-23(17)32-24;1-2/h1-13,28-31H;1-2H3. The minimum Gasteiger partial charge on any atom is -0.456 e. The molecule has 6 nitrogen and oxygen atoms in total. The first-order chi connectivity index (χ1) is 16.5. The predicted octanol–water partition coefficient (Wildman–Crippen LogP) is 3.07. The van der Waals surface area contributed by atoms with Crippen LogP contribution in [0.2, 0.25) is 0 Å². The second-order valence-corrected chi connectivity index (χ2v) is 7.91. The van der Waals surface area contributed by atoms with Gasteiger partial charge in [-0.15, -0.1) is 0 Å². The van der Waals surface area contributed by atoms with E-state index in [4.69, 9.17) is 4.42 Å². The van der Waals surface area contributed by atoms with E-state index in [1.165, 1.54) is 0 Å². The Balaban J connectivity index is 0.00000117. The van der Waals surface area contributed by atoms with Crippen molar-refractivity contribution in [3.05, 3.63) is 78.9 Å². The zero-order valence-electron chi connectivity index (χ0n) is 18.8. The lowest BCUT2D eigenvalue weighted by molar-refractivity contribution is 0.424. The average molecular weight is 451 g/mol. The summed E-state index contributed by atoms with van der Waals surface area (Å²) in [5, 5.41) is 42.3. The number of rotatable bonds is 3. The molecule has 0 aliphatic carbocycles. The molecule has 34 heavy (non-hydrogen) atoms. The normalized spacial score (nSPS) is 11.2. The molecule has 0 aliphatic rings. The van der Waals surface area contributed by atoms with E-state index in [2.05, 4.69) is 10.6 Å². The average Bonchev–Trinajstić information content (AvgIpc) is 3.39. The van der Waals surface area contributed by atoms with Gasteiger partial charge in [0.1, 0.15) is 11.2 Å². The molecular weight excluding hydrogens is 428 g/mol. The highest BCUT2D eigenvalue weighted by molar-refractivity contribution is 6.59. The van der Waals surface area contributed by atoms with Gasteiger partial charge in [0.05, 0.1) is 11.0 Å². The number of hydrogen-bond acceptors (Lipinski definition) is 5. The molecule has 0 spiro atoms. The molecule has 8 heteroatoms. The molecule has 0 fully saturated rings. The second kappa shape index (κ2) is 8.66. The molecule has 0 saturated carbocycles. The Kier molecular flexibility index (Phi) is 5.67. The molecule has 0 unspecified atom stereocenters. The van der Waals surface area contributed by atoms with E-state index in [0.717, 1.165) is 49.4 Å². The quantitative estimate of drug-likeness (QED) is 0.310. The molecule has 6 rings (SSSR count). The number of nitrogens with zero attached hydrogens (tertiary/aromatic N) is 1. The fourth-order valence-corrected chi connectivity index (χ4v) is 4.51. The third-order valence-corrected chi connectivity index (χ3v) is 6.03. The molecular formula is C26H23B2NO5. The van der Waals surface area contributed by atoms with Gasteiger partial charge in [0.25, 0.3) is 0 Å². The zero-order chi connectivity index (χ0) is 24.0. The smallest absolute Gasteiger partial charge is 0.456 e. The molecule has 0 aliphatic heterocycles. The molecule has 0 amide bonds. The summed E-state index contributed by atoms with van der Waals surface area (Å²) in [6, 6.07) is 24.4. The minimum atomic E-state index is -1.60. The lowest BCUT2D eigenvalue weighted by atomic mass is 9.78. The highest BCUT2D eigenvalue weighted by atomic mass is 16.4. The first-order valence-electron chi connectivity index (χ1n) is 11.2. The van der Waals surface area contributed by atoms with Crippen LogP contribution in [0, 0.1) is 0 Å². The predicted molar refractivity (Wildman–Crippen MR) is 139 cm³/mol. The topological polar surface area (TPSA) is 99.0 Å². The van der Waals surface area contributed by atoms with Crippen molar-refractivity contribution < 1.29 is 24.5 Å². The molecule has 168 valence electrons. The maximum atomic E-state index is 9.68. The maximum Gasteiger partial charge on any atom is 0.488 e. The molecule has 0 bridgehead atoms. The fourth-order valence-electron chi connectivity index (χ4n) is 4.51. The van der Waals surface area contributed by atoms with Crippen molar-refractivity contribution in [2.24, 2.45) is 0 Å². The number of hydrogen-bond donors (Lipinski definition) is 4. The molecule has 0 saturated heterocycles. The molecule has 4 N–H and O–H groups in total. The highest BCUT2D eigenvalue weighted by Gasteiger charge is 2.20. The van der Waals surface area contributed by atoms with Gasteiger partial charge in [-0.25, -0.2) is 0 Å². The second-order valence-electron chi connectivity index (χ2n) is 7.91. The summed E-state index contributed by atoms with van der Waals surface area (Å²) in [4.78, 5) is 0. The van der Waals surface area contributed by atoms with E-state index in [9.17, 15) is 20.1 Å². The van der Waals surface area contributed by atoms with Crippen molar-refractivity contribution in [1.82, 2.24) is 4.57 Å². The monoisotopic (exact) mass is 451 g/mol. The third-order valence-electron chi connectivity index (χ3n) is 6.03. The van der Waals surface area contributed by atoms with Crippen LogP contribution in [0.3, 0.4) is 0 Å². The molecule has 0 atom stereocenters. The molecule has 4 aromatic carbocycles. The summed E-state index contributed by atoms with van der Waals surface area (Å²) < 4.78 is 8.04. The van der Waals surface area contributed by atoms with Gasteiger partial charge in [-0.1, -0.05) is 56.3 Å². The Hall–Kier alpha value is -3.55. The number of furan rings is 1. The first kappa shape index (κ1) is 22.3. The number of fused-ring (bicyclic) bond motifs is 6. The van der Waals surface area contributed by atoms with Crippen LogP contribution in [0.15, 0.2) is 83.3 Å². The Morgan fingerprint density at radius 2 is 1.15 bits per heavy atom. The van der Waals surface area contributed by atoms with E-state index in [1.807, 2.05) is 62.4 Å². The van der Waals surface area contributed by atoms with Crippen molar-refractivity contribution >= 4 is 68.9 Å². The van der Waals surface area contributed by atoms with Crippen LogP contribution in [0.1, 0.15) is 13.8 Å². The lowest BCUT2D eigenvalue weighted by Crippen LogP contribution is -2.29. The van der Waals surface area contributed by atoms with Gasteiger partial charge in [-0.3, -0.25) is 0 Å². The summed E-state index contributed by atoms with van der Waals surface area (Å²) in [5.41, 5.74) is 4.99. The van der Waals surface area contributed by atoms with Gasteiger partial charge in [-0.05, 0) is 47.3 Å². The van der Waals surface area contributed by atoms with E-state index in [0.29, 0.717) is 10.9 Å². The lowest BCUT2D eigenvalue weighted by Gasteiger charge is -2.09. The Morgan fingerprint density at radius 3 is 1.74 bits per heavy atom. The summed E-state index contributed by atoms with van der Waals surface area (Å²) in [6.45, 7) is 4.00. The summed E-state index contributed by atoms with van der Waals surface area (Å²) >= 11 is 0. The largest absolute Gasteiger partial charge is 0.488 e. The fraction of sp³-hybridized carbons (Fsp3) is 0.0769. The van der Waals surface area contributed by atoms with Crippen LogP contribution >= 0.6 is 0 Å². The van der Waals surface area contributed by atoms with Gasteiger partial charge in [0.15, 0.2) is 0 Å². The van der Waals surface area contributed by atoms with Gasteiger partial charge in [0.2, 0.25) is 0 Å². The van der Waals surface area contributed by atoms with Gasteiger partial charge < -0.3 is 29.1 Å². The van der Waals surface area contributed by atoms with Crippen molar-refractivity contribution in [2.75, 3.05) is 0 Å². The Labute approximate surface area is 196 Å².